The van der Waals surface area contributed by atoms with E-state index in [-0.39, 0.29) is 19.6 Å². The van der Waals surface area contributed by atoms with E-state index in [2.05, 4.69) is 103 Å². The SMILES string of the molecule is CC/C=C\C/C=C\C/C=C\C/C=C\CCCCCCCCCCCOCC(COC1OC(CO)C(O)C(OS(=O)(=O)O)C1O)OC(=O)CC/C=C\C/C=C\C/C=C\C/C=C\CC. The summed E-state index contributed by atoms with van der Waals surface area (Å²) in [7, 11) is -5.08. The summed E-state index contributed by atoms with van der Waals surface area (Å²) in [6.07, 6.45) is 44.6. The number of ether oxygens (including phenoxy) is 4. The predicted molar refractivity (Wildman–Crippen MR) is 248 cm³/mol. The van der Waals surface area contributed by atoms with E-state index in [0.717, 1.165) is 77.0 Å². The van der Waals surface area contributed by atoms with Gasteiger partial charge in [-0.15, -0.1) is 0 Å². The number of allylic oxidation sites excluding steroid dienone is 16. The Labute approximate surface area is 374 Å². The fourth-order valence-electron chi connectivity index (χ4n) is 6.32. The molecule has 6 unspecified atom stereocenters. The third-order valence-electron chi connectivity index (χ3n) is 9.72. The third-order valence-corrected chi connectivity index (χ3v) is 10.2. The first kappa shape index (κ1) is 57.0. The van der Waals surface area contributed by atoms with Crippen molar-refractivity contribution in [3.8, 4) is 0 Å². The highest BCUT2D eigenvalue weighted by Gasteiger charge is 2.48. The zero-order valence-corrected chi connectivity index (χ0v) is 38.5. The van der Waals surface area contributed by atoms with Gasteiger partial charge in [-0.05, 0) is 77.0 Å². The van der Waals surface area contributed by atoms with Crippen molar-refractivity contribution in [2.75, 3.05) is 26.4 Å². The van der Waals surface area contributed by atoms with E-state index in [1.807, 2.05) is 12.2 Å². The van der Waals surface area contributed by atoms with Crippen LogP contribution in [0.4, 0.5) is 0 Å². The second kappa shape index (κ2) is 39.6. The molecule has 1 aliphatic heterocycles. The quantitative estimate of drug-likeness (QED) is 0.0200. The van der Waals surface area contributed by atoms with E-state index in [1.165, 1.54) is 38.5 Å². The van der Waals surface area contributed by atoms with Gasteiger partial charge in [0.05, 0.1) is 19.8 Å². The molecule has 1 fully saturated rings. The normalized spacial score (nSPS) is 20.9. The summed E-state index contributed by atoms with van der Waals surface area (Å²) in [4.78, 5) is 12.8. The van der Waals surface area contributed by atoms with Crippen LogP contribution in [0.5, 0.6) is 0 Å². The standard InChI is InChI=1S/C49H80O12S/c1-3-5-7-9-11-13-15-17-18-19-20-21-22-23-24-25-27-29-31-33-35-37-39-57-41-43(42-58-49-47(53)48(61-62(54,55)56)46(52)44(40-50)60-49)59-45(51)38-36-34-32-30-28-26-16-14-12-10-8-6-4-2/h5-8,11-14,17-18,20-21,26,28,32,34,43-44,46-50,52-53H,3-4,9-10,15-16,19,22-25,27,29-31,33,35-42H2,1-2H3,(H,54,55,56)/b7-5-,8-6-,13-11-,14-12-,18-17-,21-20-,28-26-,34-32-. The number of aliphatic hydroxyl groups excluding tert-OH is 3. The molecule has 0 spiro atoms. The molecule has 1 saturated heterocycles. The number of carbonyl (C=O) groups excluding carboxylic acids is 1. The number of hydrogen-bond donors (Lipinski definition) is 4. The van der Waals surface area contributed by atoms with Gasteiger partial charge in [-0.1, -0.05) is 156 Å². The molecule has 6 atom stereocenters. The van der Waals surface area contributed by atoms with Crippen molar-refractivity contribution in [2.45, 2.75) is 179 Å². The van der Waals surface area contributed by atoms with E-state index in [0.29, 0.717) is 13.0 Å². The maximum absolute atomic E-state index is 12.8. The van der Waals surface area contributed by atoms with Gasteiger partial charge in [0, 0.05) is 13.0 Å². The molecule has 0 saturated carbocycles. The van der Waals surface area contributed by atoms with Crippen LogP contribution in [0.3, 0.4) is 0 Å². The van der Waals surface area contributed by atoms with Gasteiger partial charge in [0.25, 0.3) is 0 Å². The van der Waals surface area contributed by atoms with E-state index in [4.69, 9.17) is 23.5 Å². The molecule has 62 heavy (non-hydrogen) atoms. The van der Waals surface area contributed by atoms with Gasteiger partial charge >= 0.3 is 16.4 Å². The van der Waals surface area contributed by atoms with Crippen LogP contribution in [0, 0.1) is 0 Å². The molecule has 0 radical (unpaired) electrons. The maximum Gasteiger partial charge on any atom is 0.397 e. The average molecular weight is 893 g/mol. The van der Waals surface area contributed by atoms with Gasteiger partial charge < -0.3 is 34.3 Å². The molecule has 12 nitrogen and oxygen atoms in total. The van der Waals surface area contributed by atoms with Gasteiger partial charge in [-0.3, -0.25) is 9.35 Å². The Bertz CT molecular complexity index is 1450. The zero-order valence-electron chi connectivity index (χ0n) is 37.6. The highest BCUT2D eigenvalue weighted by molar-refractivity contribution is 7.80. The van der Waals surface area contributed by atoms with E-state index < -0.39 is 59.8 Å². The molecule has 1 heterocycles. The molecule has 4 N–H and O–H groups in total. The minimum atomic E-state index is -5.08. The van der Waals surface area contributed by atoms with Crippen LogP contribution in [-0.2, 0) is 38.3 Å². The first-order valence-electron chi connectivity index (χ1n) is 23.0. The Kier molecular flexibility index (Phi) is 36.4. The van der Waals surface area contributed by atoms with Crippen LogP contribution in [0.15, 0.2) is 97.2 Å². The summed E-state index contributed by atoms with van der Waals surface area (Å²) in [6, 6.07) is 0. The molecule has 0 aliphatic carbocycles. The Morgan fingerprint density at radius 2 is 1.06 bits per heavy atom. The Hall–Kier alpha value is -2.98. The highest BCUT2D eigenvalue weighted by Crippen LogP contribution is 2.26. The van der Waals surface area contributed by atoms with Crippen LogP contribution in [0.1, 0.15) is 142 Å². The smallest absolute Gasteiger partial charge is 0.397 e. The van der Waals surface area contributed by atoms with Crippen LogP contribution >= 0.6 is 0 Å². The topological polar surface area (TPSA) is 178 Å². The number of unbranched alkanes of at least 4 members (excludes halogenated alkanes) is 9. The van der Waals surface area contributed by atoms with E-state index in [9.17, 15) is 28.5 Å². The van der Waals surface area contributed by atoms with E-state index in [1.54, 1.807) is 0 Å². The monoisotopic (exact) mass is 893 g/mol. The summed E-state index contributed by atoms with van der Waals surface area (Å²) in [5, 5.41) is 30.7. The van der Waals surface area contributed by atoms with Gasteiger partial charge in [0.1, 0.15) is 30.5 Å². The molecule has 13 heteroatoms. The molecule has 1 aliphatic rings. The second-order valence-corrected chi connectivity index (χ2v) is 16.3. The predicted octanol–water partition coefficient (Wildman–Crippen LogP) is 9.85. The summed E-state index contributed by atoms with van der Waals surface area (Å²) in [5.74, 6) is -0.485. The maximum atomic E-state index is 12.8. The lowest BCUT2D eigenvalue weighted by molar-refractivity contribution is -0.301. The lowest BCUT2D eigenvalue weighted by Crippen LogP contribution is -2.60. The minimum absolute atomic E-state index is 0.00353. The van der Waals surface area contributed by atoms with Crippen molar-refractivity contribution >= 4 is 16.4 Å². The Morgan fingerprint density at radius 3 is 1.55 bits per heavy atom. The highest BCUT2D eigenvalue weighted by atomic mass is 32.3. The summed E-state index contributed by atoms with van der Waals surface area (Å²) < 4.78 is 58.9. The van der Waals surface area contributed by atoms with Crippen molar-refractivity contribution in [3.63, 3.8) is 0 Å². The molecule has 354 valence electrons. The number of carbonyl (C=O) groups is 1. The van der Waals surface area contributed by atoms with Crippen molar-refractivity contribution in [2.24, 2.45) is 0 Å². The van der Waals surface area contributed by atoms with E-state index >= 15 is 0 Å². The fraction of sp³-hybridized carbons (Fsp3) is 0.653. The third kappa shape index (κ3) is 32.7. The first-order chi connectivity index (χ1) is 30.1. The molecule has 1 rings (SSSR count). The molecular weight excluding hydrogens is 813 g/mol. The number of rotatable bonds is 38. The van der Waals surface area contributed by atoms with Crippen molar-refractivity contribution in [1.82, 2.24) is 0 Å². The van der Waals surface area contributed by atoms with Crippen molar-refractivity contribution < 1.29 is 56.2 Å². The van der Waals surface area contributed by atoms with Gasteiger partial charge in [-0.25, -0.2) is 4.18 Å². The zero-order chi connectivity index (χ0) is 45.4. The molecule has 0 aromatic heterocycles. The molecule has 0 bridgehead atoms. The molecule has 0 aromatic rings. The molecular formula is C49H80O12S. The van der Waals surface area contributed by atoms with Gasteiger partial charge in [-0.2, -0.15) is 8.42 Å². The largest absolute Gasteiger partial charge is 0.457 e. The van der Waals surface area contributed by atoms with Crippen molar-refractivity contribution in [3.05, 3.63) is 97.2 Å². The van der Waals surface area contributed by atoms with Crippen molar-refractivity contribution in [1.29, 1.82) is 0 Å². The first-order valence-corrected chi connectivity index (χ1v) is 24.4. The fourth-order valence-corrected chi connectivity index (χ4v) is 6.83. The van der Waals surface area contributed by atoms with Crippen LogP contribution < -0.4 is 0 Å². The second-order valence-electron chi connectivity index (χ2n) is 15.2. The van der Waals surface area contributed by atoms with Gasteiger partial charge in [0.2, 0.25) is 0 Å². The Balaban J connectivity index is 2.43. The average Bonchev–Trinajstić information content (AvgIpc) is 3.24. The van der Waals surface area contributed by atoms with Crippen LogP contribution in [-0.4, -0.2) is 97.5 Å². The lowest BCUT2D eigenvalue weighted by atomic mass is 9.99. The molecule has 0 aromatic carbocycles. The summed E-state index contributed by atoms with van der Waals surface area (Å²) in [6.45, 7) is 3.63. The minimum Gasteiger partial charge on any atom is -0.457 e. The van der Waals surface area contributed by atoms with Crippen LogP contribution in [0.25, 0.3) is 0 Å². The van der Waals surface area contributed by atoms with Crippen LogP contribution in [0.2, 0.25) is 0 Å². The lowest BCUT2D eigenvalue weighted by Gasteiger charge is -2.41. The molecule has 0 amide bonds. The number of aliphatic hydroxyl groups is 3. The summed E-state index contributed by atoms with van der Waals surface area (Å²) in [5.41, 5.74) is 0. The number of esters is 1. The Morgan fingerprint density at radius 1 is 0.613 bits per heavy atom. The summed E-state index contributed by atoms with van der Waals surface area (Å²) >= 11 is 0. The van der Waals surface area contributed by atoms with Gasteiger partial charge in [0.15, 0.2) is 6.29 Å². The number of hydrogen-bond acceptors (Lipinski definition) is 11.